The molecule has 122 valence electrons. The van der Waals surface area contributed by atoms with Gasteiger partial charge in [0, 0.05) is 5.41 Å². The van der Waals surface area contributed by atoms with Crippen LogP contribution in [0.3, 0.4) is 0 Å². The SMILES string of the molecule is CCc1cccc(CC)c1N1C=[N+]([C@H](CO)C(C)(C)C)CC1. The highest BCUT2D eigenvalue weighted by Gasteiger charge is 2.35. The quantitative estimate of drug-likeness (QED) is 0.846. The van der Waals surface area contributed by atoms with E-state index in [4.69, 9.17) is 0 Å². The molecule has 0 saturated carbocycles. The Morgan fingerprint density at radius 1 is 1.18 bits per heavy atom. The van der Waals surface area contributed by atoms with E-state index in [1.165, 1.54) is 16.8 Å². The maximum atomic E-state index is 9.80. The Bertz CT molecular complexity index is 521. The van der Waals surface area contributed by atoms with Crippen molar-refractivity contribution in [3.05, 3.63) is 29.3 Å². The lowest BCUT2D eigenvalue weighted by Crippen LogP contribution is -2.40. The monoisotopic (exact) mass is 303 g/mol. The average Bonchev–Trinajstić information content (AvgIpc) is 2.94. The molecule has 1 heterocycles. The highest BCUT2D eigenvalue weighted by molar-refractivity contribution is 5.81. The van der Waals surface area contributed by atoms with E-state index < -0.39 is 0 Å². The van der Waals surface area contributed by atoms with Gasteiger partial charge in [0.25, 0.3) is 0 Å². The second-order valence-corrected chi connectivity index (χ2v) is 7.24. The van der Waals surface area contributed by atoms with Crippen molar-refractivity contribution in [1.82, 2.24) is 0 Å². The normalized spacial score (nSPS) is 16.8. The number of hydrogen-bond donors (Lipinski definition) is 1. The molecule has 0 bridgehead atoms. The molecular formula is C19H31N2O+. The number of benzene rings is 1. The number of rotatable bonds is 5. The van der Waals surface area contributed by atoms with E-state index in [0.29, 0.717) is 0 Å². The van der Waals surface area contributed by atoms with Gasteiger partial charge in [-0.1, -0.05) is 52.8 Å². The fourth-order valence-electron chi connectivity index (χ4n) is 3.38. The molecule has 0 aromatic heterocycles. The van der Waals surface area contributed by atoms with Crippen LogP contribution in [0.2, 0.25) is 0 Å². The van der Waals surface area contributed by atoms with Crippen molar-refractivity contribution in [2.45, 2.75) is 53.5 Å². The van der Waals surface area contributed by atoms with Crippen molar-refractivity contribution in [3.8, 4) is 0 Å². The zero-order valence-corrected chi connectivity index (χ0v) is 14.8. The zero-order chi connectivity index (χ0) is 16.3. The van der Waals surface area contributed by atoms with Gasteiger partial charge in [-0.25, -0.2) is 4.90 Å². The van der Waals surface area contributed by atoms with Crippen molar-refractivity contribution in [2.75, 3.05) is 24.6 Å². The minimum absolute atomic E-state index is 0.0686. The number of anilines is 1. The van der Waals surface area contributed by atoms with Crippen molar-refractivity contribution in [1.29, 1.82) is 0 Å². The van der Waals surface area contributed by atoms with E-state index in [2.05, 4.69) is 68.6 Å². The largest absolute Gasteiger partial charge is 0.392 e. The van der Waals surface area contributed by atoms with Gasteiger partial charge in [-0.2, -0.15) is 0 Å². The molecule has 1 aromatic rings. The van der Waals surface area contributed by atoms with Gasteiger partial charge >= 0.3 is 0 Å². The average molecular weight is 303 g/mol. The molecule has 0 saturated heterocycles. The summed E-state index contributed by atoms with van der Waals surface area (Å²) in [6.45, 7) is 13.2. The molecule has 0 radical (unpaired) electrons. The lowest BCUT2D eigenvalue weighted by atomic mass is 9.87. The van der Waals surface area contributed by atoms with Crippen LogP contribution in [0.15, 0.2) is 18.2 Å². The summed E-state index contributed by atoms with van der Waals surface area (Å²) in [6, 6.07) is 6.80. The molecule has 0 fully saturated rings. The number of para-hydroxylation sites is 1. The minimum atomic E-state index is 0.0686. The molecule has 3 heteroatoms. The molecule has 0 spiro atoms. The van der Waals surface area contributed by atoms with Crippen LogP contribution in [-0.4, -0.2) is 41.8 Å². The van der Waals surface area contributed by atoms with Crippen molar-refractivity contribution in [3.63, 3.8) is 0 Å². The maximum absolute atomic E-state index is 9.80. The van der Waals surface area contributed by atoms with Gasteiger partial charge in [0.2, 0.25) is 6.34 Å². The molecule has 0 aliphatic carbocycles. The number of hydrogen-bond acceptors (Lipinski definition) is 2. The predicted molar refractivity (Wildman–Crippen MR) is 94.1 cm³/mol. The van der Waals surface area contributed by atoms with Crippen LogP contribution in [0.5, 0.6) is 0 Å². The minimum Gasteiger partial charge on any atom is -0.392 e. The molecule has 22 heavy (non-hydrogen) atoms. The third kappa shape index (κ3) is 3.35. The smallest absolute Gasteiger partial charge is 0.239 e. The number of aliphatic hydroxyl groups excluding tert-OH is 1. The first kappa shape index (κ1) is 17.0. The third-order valence-electron chi connectivity index (χ3n) is 4.71. The van der Waals surface area contributed by atoms with Crippen LogP contribution in [0.4, 0.5) is 5.69 Å². The van der Waals surface area contributed by atoms with E-state index in [1.807, 2.05) is 0 Å². The predicted octanol–water partition coefficient (Wildman–Crippen LogP) is 3.08. The summed E-state index contributed by atoms with van der Waals surface area (Å²) >= 11 is 0. The van der Waals surface area contributed by atoms with Crippen molar-refractivity contribution < 1.29 is 9.68 Å². The Hall–Kier alpha value is -1.35. The van der Waals surface area contributed by atoms with Gasteiger partial charge in [-0.05, 0) is 24.0 Å². The molecule has 1 aromatic carbocycles. The Kier molecular flexibility index (Phi) is 5.28. The summed E-state index contributed by atoms with van der Waals surface area (Å²) < 4.78 is 2.31. The van der Waals surface area contributed by atoms with E-state index in [1.54, 1.807) is 0 Å². The first-order chi connectivity index (χ1) is 10.4. The van der Waals surface area contributed by atoms with Gasteiger partial charge in [0.1, 0.15) is 24.8 Å². The van der Waals surface area contributed by atoms with E-state index >= 15 is 0 Å². The zero-order valence-electron chi connectivity index (χ0n) is 14.8. The summed E-state index contributed by atoms with van der Waals surface area (Å²) in [5, 5.41) is 9.80. The fourth-order valence-corrected chi connectivity index (χ4v) is 3.38. The summed E-state index contributed by atoms with van der Waals surface area (Å²) in [5.41, 5.74) is 4.27. The number of nitrogens with zero attached hydrogens (tertiary/aromatic N) is 2. The van der Waals surface area contributed by atoms with Crippen LogP contribution in [0.25, 0.3) is 0 Å². The van der Waals surface area contributed by atoms with E-state index in [-0.39, 0.29) is 18.1 Å². The lowest BCUT2D eigenvalue weighted by molar-refractivity contribution is -0.572. The summed E-state index contributed by atoms with van der Waals surface area (Å²) in [7, 11) is 0. The van der Waals surface area contributed by atoms with Crippen LogP contribution in [0.1, 0.15) is 45.7 Å². The Morgan fingerprint density at radius 3 is 2.23 bits per heavy atom. The fraction of sp³-hybridized carbons (Fsp3) is 0.632. The van der Waals surface area contributed by atoms with Crippen LogP contribution < -0.4 is 4.90 Å². The van der Waals surface area contributed by atoms with Crippen LogP contribution >= 0.6 is 0 Å². The Balaban J connectivity index is 2.37. The molecule has 2 rings (SSSR count). The topological polar surface area (TPSA) is 26.5 Å². The third-order valence-corrected chi connectivity index (χ3v) is 4.71. The van der Waals surface area contributed by atoms with Crippen LogP contribution in [-0.2, 0) is 12.8 Å². The second-order valence-electron chi connectivity index (χ2n) is 7.24. The summed E-state index contributed by atoms with van der Waals surface area (Å²) in [6.07, 6.45) is 4.33. The van der Waals surface area contributed by atoms with Gasteiger partial charge in [-0.15, -0.1) is 0 Å². The molecule has 1 N–H and O–H groups in total. The standard InChI is InChI=1S/C19H31N2O/c1-6-15-9-8-10-16(7-2)18(15)21-12-11-20(14-21)17(13-22)19(3,4)5/h8-10,14,17,22H,6-7,11-13H2,1-5H3/q+1/t17-/m1/s1. The molecule has 1 atom stereocenters. The van der Waals surface area contributed by atoms with Crippen molar-refractivity contribution in [2.24, 2.45) is 5.41 Å². The Morgan fingerprint density at radius 2 is 1.77 bits per heavy atom. The van der Waals surface area contributed by atoms with Gasteiger partial charge in [-0.3, -0.25) is 4.58 Å². The summed E-state index contributed by atoms with van der Waals surface area (Å²) in [5.74, 6) is 0. The molecule has 1 aliphatic rings. The molecule has 0 unspecified atom stereocenters. The summed E-state index contributed by atoms with van der Waals surface area (Å²) in [4.78, 5) is 2.38. The number of aryl methyl sites for hydroxylation is 2. The highest BCUT2D eigenvalue weighted by Crippen LogP contribution is 2.29. The highest BCUT2D eigenvalue weighted by atomic mass is 16.3. The lowest BCUT2D eigenvalue weighted by Gasteiger charge is -2.27. The molecule has 3 nitrogen and oxygen atoms in total. The number of aliphatic hydroxyl groups is 1. The Labute approximate surface area is 135 Å². The first-order valence-corrected chi connectivity index (χ1v) is 8.51. The van der Waals surface area contributed by atoms with Crippen LogP contribution in [0, 0.1) is 5.41 Å². The van der Waals surface area contributed by atoms with Gasteiger partial charge in [0.05, 0.1) is 6.61 Å². The first-order valence-electron chi connectivity index (χ1n) is 8.51. The van der Waals surface area contributed by atoms with Crippen molar-refractivity contribution >= 4 is 12.0 Å². The maximum Gasteiger partial charge on any atom is 0.239 e. The molecule has 1 aliphatic heterocycles. The van der Waals surface area contributed by atoms with Gasteiger partial charge < -0.3 is 5.11 Å². The van der Waals surface area contributed by atoms with E-state index in [9.17, 15) is 5.11 Å². The molecular weight excluding hydrogens is 272 g/mol. The second kappa shape index (κ2) is 6.82. The molecule has 0 amide bonds. The van der Waals surface area contributed by atoms with Gasteiger partial charge in [0.15, 0.2) is 0 Å². The van der Waals surface area contributed by atoms with E-state index in [0.717, 1.165) is 25.9 Å².